The van der Waals surface area contributed by atoms with E-state index in [1.807, 2.05) is 0 Å². The molecule has 4 aromatic rings. The Morgan fingerprint density at radius 2 is 0.921 bits per heavy atom. The molecule has 0 aromatic heterocycles. The number of fused-ring (bicyclic) bond motifs is 2. The van der Waals surface area contributed by atoms with Crippen LogP contribution in [0.4, 0.5) is 0 Å². The molecule has 63 heavy (non-hydrogen) atoms. The summed E-state index contributed by atoms with van der Waals surface area (Å²) in [5.74, 6) is 1.73. The van der Waals surface area contributed by atoms with Gasteiger partial charge in [-0.2, -0.15) is 4.57 Å². The molecule has 0 aliphatic carbocycles. The largest absolute Gasteiger partial charge is 0.647 e. The number of aryl methyl sites for hydroxylation is 2. The summed E-state index contributed by atoms with van der Waals surface area (Å²) < 4.78 is 38.1. The summed E-state index contributed by atoms with van der Waals surface area (Å²) in [6.07, 6.45) is 3.95. The summed E-state index contributed by atoms with van der Waals surface area (Å²) in [4.78, 5) is 0. The molecule has 0 amide bonds. The first-order chi connectivity index (χ1) is 28.8. The van der Waals surface area contributed by atoms with Crippen molar-refractivity contribution in [3.05, 3.63) is 115 Å². The smallest absolute Gasteiger partial charge is 0.507 e. The third kappa shape index (κ3) is 10.1. The zero-order chi connectivity index (χ0) is 47.6. The molecule has 5 nitrogen and oxygen atoms in total. The van der Waals surface area contributed by atoms with Crippen LogP contribution >= 0.6 is 7.82 Å². The highest BCUT2D eigenvalue weighted by molar-refractivity contribution is 7.49. The third-order valence-electron chi connectivity index (χ3n) is 15.0. The van der Waals surface area contributed by atoms with Gasteiger partial charge in [-0.25, -0.2) is 0 Å². The van der Waals surface area contributed by atoms with Gasteiger partial charge < -0.3 is 18.7 Å². The predicted octanol–water partition coefficient (Wildman–Crippen LogP) is 17.1. The van der Waals surface area contributed by atoms with Gasteiger partial charge in [0.25, 0.3) is 0 Å². The van der Waals surface area contributed by atoms with Gasteiger partial charge in [0, 0.05) is 40.2 Å². The van der Waals surface area contributed by atoms with Crippen molar-refractivity contribution >= 4 is 7.82 Å². The molecular weight excluding hydrogens is 796 g/mol. The average molecular weight is 879 g/mol. The molecule has 0 fully saturated rings. The number of hydrogen-bond acceptors (Lipinski definition) is 5. The molecule has 0 unspecified atom stereocenters. The van der Waals surface area contributed by atoms with E-state index in [9.17, 15) is 5.11 Å². The van der Waals surface area contributed by atoms with Gasteiger partial charge in [0.05, 0.1) is 0 Å². The molecule has 1 aliphatic rings. The molecule has 1 aliphatic heterocycles. The zero-order valence-electron chi connectivity index (χ0n) is 43.3. The normalized spacial score (nSPS) is 17.6. The predicted molar refractivity (Wildman–Crippen MR) is 267 cm³/mol. The number of benzene rings is 4. The van der Waals surface area contributed by atoms with Crippen LogP contribution in [0.25, 0.3) is 0 Å². The molecule has 0 spiro atoms. The van der Waals surface area contributed by atoms with Crippen LogP contribution in [0.15, 0.2) is 48.5 Å². The Morgan fingerprint density at radius 3 is 1.30 bits per heavy atom. The van der Waals surface area contributed by atoms with Gasteiger partial charge in [-0.1, -0.05) is 191 Å². The third-order valence-corrected chi connectivity index (χ3v) is 16.2. The van der Waals surface area contributed by atoms with Crippen molar-refractivity contribution in [2.45, 2.75) is 216 Å². The van der Waals surface area contributed by atoms with Crippen LogP contribution in [-0.4, -0.2) is 5.11 Å². The topological polar surface area (TPSA) is 65.0 Å². The van der Waals surface area contributed by atoms with Crippen molar-refractivity contribution in [1.29, 1.82) is 0 Å². The highest BCUT2D eigenvalue weighted by Gasteiger charge is 2.45. The van der Waals surface area contributed by atoms with Crippen molar-refractivity contribution in [3.63, 3.8) is 0 Å². The molecule has 1 heterocycles. The Balaban J connectivity index is 1.95. The summed E-state index contributed by atoms with van der Waals surface area (Å²) in [5.41, 5.74) is 10.3. The lowest BCUT2D eigenvalue weighted by Crippen LogP contribution is -2.27. The van der Waals surface area contributed by atoms with Gasteiger partial charge in [-0.05, 0) is 99.8 Å². The maximum Gasteiger partial charge on any atom is 0.647 e. The number of hydrogen-bond donors (Lipinski definition) is 1. The van der Waals surface area contributed by atoms with E-state index in [4.69, 9.17) is 13.6 Å². The van der Waals surface area contributed by atoms with Crippen molar-refractivity contribution < 1.29 is 23.2 Å². The molecule has 6 heteroatoms. The molecule has 1 N–H and O–H groups in total. The second kappa shape index (κ2) is 17.3. The van der Waals surface area contributed by atoms with Crippen LogP contribution in [0.3, 0.4) is 0 Å². The maximum atomic E-state index is 16.6. The van der Waals surface area contributed by atoms with Gasteiger partial charge in [0.2, 0.25) is 0 Å². The van der Waals surface area contributed by atoms with Gasteiger partial charge >= 0.3 is 7.82 Å². The summed E-state index contributed by atoms with van der Waals surface area (Å²) in [6.45, 7) is 46.4. The Hall–Kier alpha value is -3.69. The molecule has 346 valence electrons. The summed E-state index contributed by atoms with van der Waals surface area (Å²) >= 11 is 0. The van der Waals surface area contributed by atoms with E-state index >= 15 is 4.57 Å². The standard InChI is InChI=1S/C57H83O5P/c1-22-54(14,15)40-31-42-37(7)43-32-41(55(16,17)23-2)34-47(57(20,21)25-4)51(43)62-63(59,61-50(42)46(33-40)56(18,19)24-3)60-49-39(27-36(6)29-45(49)53(11,12)13)30-38-26-35(5)28-44(48(38)58)52(8,9)10/h26-29,31-34,37,58H,22-25,30H2,1-21H3. The van der Waals surface area contributed by atoms with Crippen LogP contribution < -0.4 is 13.6 Å². The number of phenolic OH excluding ortho intramolecular Hbond substituents is 1. The van der Waals surface area contributed by atoms with E-state index in [1.165, 1.54) is 11.1 Å². The minimum Gasteiger partial charge on any atom is -0.507 e. The fraction of sp³-hybridized carbons (Fsp3) is 0.579. The second-order valence-electron chi connectivity index (χ2n) is 23.6. The first-order valence-electron chi connectivity index (χ1n) is 23.8. The van der Waals surface area contributed by atoms with Crippen molar-refractivity contribution in [2.24, 2.45) is 0 Å². The van der Waals surface area contributed by atoms with E-state index < -0.39 is 13.2 Å². The Labute approximate surface area is 383 Å². The van der Waals surface area contributed by atoms with Crippen LogP contribution in [0.2, 0.25) is 0 Å². The quantitative estimate of drug-likeness (QED) is 0.144. The van der Waals surface area contributed by atoms with Crippen LogP contribution in [0.1, 0.15) is 230 Å². The van der Waals surface area contributed by atoms with Crippen LogP contribution in [-0.2, 0) is 43.5 Å². The van der Waals surface area contributed by atoms with Gasteiger partial charge in [-0.15, -0.1) is 0 Å². The molecule has 4 aromatic carbocycles. The molecule has 0 radical (unpaired) electrons. The monoisotopic (exact) mass is 879 g/mol. The zero-order valence-corrected chi connectivity index (χ0v) is 44.2. The minimum atomic E-state index is -4.60. The fourth-order valence-corrected chi connectivity index (χ4v) is 10.1. The molecular formula is C57H83O5P. The molecule has 0 saturated heterocycles. The van der Waals surface area contributed by atoms with Crippen molar-refractivity contribution in [2.75, 3.05) is 0 Å². The van der Waals surface area contributed by atoms with Crippen molar-refractivity contribution in [1.82, 2.24) is 0 Å². The lowest BCUT2D eigenvalue weighted by Gasteiger charge is -2.38. The van der Waals surface area contributed by atoms with Crippen molar-refractivity contribution in [3.8, 4) is 23.0 Å². The summed E-state index contributed by atoms with van der Waals surface area (Å²) in [7, 11) is -4.60. The number of phenols is 1. The van der Waals surface area contributed by atoms with E-state index in [-0.39, 0.29) is 38.7 Å². The fourth-order valence-electron chi connectivity index (χ4n) is 8.69. The van der Waals surface area contributed by atoms with Crippen LogP contribution in [0, 0.1) is 13.8 Å². The average Bonchev–Trinajstić information content (AvgIpc) is 3.18. The maximum absolute atomic E-state index is 16.6. The van der Waals surface area contributed by atoms with E-state index in [2.05, 4.69) is 194 Å². The Bertz CT molecular complexity index is 2300. The highest BCUT2D eigenvalue weighted by Crippen LogP contribution is 2.61. The van der Waals surface area contributed by atoms with E-state index in [0.717, 1.165) is 81.3 Å². The summed E-state index contributed by atoms with van der Waals surface area (Å²) in [6, 6.07) is 17.6. The highest BCUT2D eigenvalue weighted by atomic mass is 31.2. The molecule has 5 rings (SSSR count). The molecule has 0 atom stereocenters. The minimum absolute atomic E-state index is 0.122. The number of phosphoric acid groups is 1. The van der Waals surface area contributed by atoms with Crippen LogP contribution in [0.5, 0.6) is 23.0 Å². The van der Waals surface area contributed by atoms with E-state index in [0.29, 0.717) is 23.7 Å². The lowest BCUT2D eigenvalue weighted by atomic mass is 9.72. The van der Waals surface area contributed by atoms with Gasteiger partial charge in [0.1, 0.15) is 23.0 Å². The van der Waals surface area contributed by atoms with E-state index in [1.54, 1.807) is 0 Å². The van der Waals surface area contributed by atoms with Gasteiger partial charge in [0.15, 0.2) is 0 Å². The number of aromatic hydroxyl groups is 1. The molecule has 0 saturated carbocycles. The first-order valence-corrected chi connectivity index (χ1v) is 25.3. The molecule has 0 bridgehead atoms. The van der Waals surface area contributed by atoms with Gasteiger partial charge in [-0.3, -0.25) is 0 Å². The first kappa shape index (κ1) is 50.3. The SMILES string of the molecule is CCC(C)(C)c1cc2c(c(C(C)(C)CC)c1)OP(=O)(Oc1c(Cc3cc(C)cc(C(C)(C)C)c3O)cc(C)cc1C(C)(C)C)Oc1c(cc(C(C)(C)CC)cc1C(C)(C)CC)C2C. The Morgan fingerprint density at radius 1 is 0.540 bits per heavy atom. The lowest BCUT2D eigenvalue weighted by molar-refractivity contribution is 0.282. The number of rotatable bonds is 12. The summed E-state index contributed by atoms with van der Waals surface area (Å²) in [5, 5.41) is 11.9. The second-order valence-corrected chi connectivity index (χ2v) is 25.0. The Kier molecular flexibility index (Phi) is 13.8. The number of phosphoric ester groups is 1.